The first kappa shape index (κ1) is 41.7. The highest BCUT2D eigenvalue weighted by atomic mass is 16.4. The molecule has 11 nitrogen and oxygen atoms in total. The molecule has 2 aliphatic heterocycles. The zero-order valence-electron chi connectivity index (χ0n) is 32.6. The van der Waals surface area contributed by atoms with Crippen molar-refractivity contribution >= 4 is 35.4 Å². The number of Topliss-reactive ketones (excluding diaryl/α,β-unsaturated/α-hetero) is 1. The van der Waals surface area contributed by atoms with E-state index in [1.807, 2.05) is 115 Å². The molecule has 302 valence electrons. The molecule has 2 heterocycles. The molecule has 5 aromatic carbocycles. The van der Waals surface area contributed by atoms with Gasteiger partial charge in [-0.15, -0.1) is 0 Å². The summed E-state index contributed by atoms with van der Waals surface area (Å²) < 4.78 is 0. The Balaban J connectivity index is 1.33. The van der Waals surface area contributed by atoms with Gasteiger partial charge in [-0.05, 0) is 71.2 Å². The summed E-state index contributed by atoms with van der Waals surface area (Å²) in [5.74, 6) is -4.90. The monoisotopic (exact) mass is 792 g/mol. The first-order valence-corrected chi connectivity index (χ1v) is 19.9. The summed E-state index contributed by atoms with van der Waals surface area (Å²) in [5.41, 5.74) is 5.33. The molecule has 0 saturated carbocycles. The van der Waals surface area contributed by atoms with Crippen LogP contribution in [0.3, 0.4) is 0 Å². The van der Waals surface area contributed by atoms with Crippen LogP contribution in [-0.2, 0) is 49.7 Å². The van der Waals surface area contributed by atoms with Gasteiger partial charge in [0.1, 0.15) is 12.1 Å². The number of benzene rings is 5. The van der Waals surface area contributed by atoms with Crippen molar-refractivity contribution in [2.75, 3.05) is 6.54 Å². The van der Waals surface area contributed by atoms with Gasteiger partial charge in [-0.2, -0.15) is 0 Å². The van der Waals surface area contributed by atoms with Gasteiger partial charge in [0.05, 0.1) is 12.0 Å². The van der Waals surface area contributed by atoms with Crippen LogP contribution in [-0.4, -0.2) is 65.2 Å². The van der Waals surface area contributed by atoms with Crippen LogP contribution >= 0.6 is 0 Å². The maximum atomic E-state index is 14.5. The van der Waals surface area contributed by atoms with Crippen LogP contribution in [0.5, 0.6) is 0 Å². The lowest BCUT2D eigenvalue weighted by Crippen LogP contribution is -2.57. The minimum Gasteiger partial charge on any atom is -0.481 e. The number of carbonyl (C=O) groups excluding carboxylic acids is 5. The van der Waals surface area contributed by atoms with Crippen LogP contribution in [0, 0.1) is 5.92 Å². The molecule has 2 bridgehead atoms. The summed E-state index contributed by atoms with van der Waals surface area (Å²) >= 11 is 0. The molecule has 2 aliphatic rings. The van der Waals surface area contributed by atoms with Gasteiger partial charge in [0, 0.05) is 31.4 Å². The number of carboxylic acid groups (broad SMARTS) is 1. The third kappa shape index (κ3) is 12.3. The Labute approximate surface area is 343 Å². The second kappa shape index (κ2) is 20.5. The fourth-order valence-electron chi connectivity index (χ4n) is 7.14. The SMILES string of the molecule is O=C1CCNC(=O)c2ccc(cc2)C[C@@H](C(=O)O)CC(=O)[C@@H](Cc2ccccc2)NC(=O)[C@H](Cc2ccc(-c3ccccc3)cc2)NC(=O)[C@@H](CCc2ccccc2)N1. The maximum absolute atomic E-state index is 14.5. The number of hydrogen-bond acceptors (Lipinski definition) is 6. The van der Waals surface area contributed by atoms with E-state index in [4.69, 9.17) is 0 Å². The topological polar surface area (TPSA) is 171 Å². The number of aryl methyl sites for hydroxylation is 1. The van der Waals surface area contributed by atoms with E-state index >= 15 is 0 Å². The molecule has 0 fully saturated rings. The normalized spacial score (nSPS) is 19.7. The molecule has 11 heteroatoms. The summed E-state index contributed by atoms with van der Waals surface area (Å²) in [6, 6.07) is 39.0. The Hall–Kier alpha value is -6.88. The molecule has 0 aliphatic carbocycles. The Morgan fingerprint density at radius 2 is 1.07 bits per heavy atom. The van der Waals surface area contributed by atoms with Crippen LogP contribution in [0.4, 0.5) is 0 Å². The third-order valence-corrected chi connectivity index (χ3v) is 10.5. The molecule has 4 amide bonds. The van der Waals surface area contributed by atoms with Crippen LogP contribution in [0.25, 0.3) is 11.1 Å². The predicted octanol–water partition coefficient (Wildman–Crippen LogP) is 5.26. The van der Waals surface area contributed by atoms with Gasteiger partial charge < -0.3 is 26.4 Å². The van der Waals surface area contributed by atoms with Crippen molar-refractivity contribution in [3.8, 4) is 11.1 Å². The lowest BCUT2D eigenvalue weighted by Gasteiger charge is -2.26. The van der Waals surface area contributed by atoms with Gasteiger partial charge >= 0.3 is 5.97 Å². The van der Waals surface area contributed by atoms with Crippen molar-refractivity contribution in [1.82, 2.24) is 21.3 Å². The van der Waals surface area contributed by atoms with Crippen molar-refractivity contribution in [1.29, 1.82) is 0 Å². The molecule has 0 saturated heterocycles. The number of carboxylic acids is 1. The van der Waals surface area contributed by atoms with Gasteiger partial charge in [0.15, 0.2) is 5.78 Å². The average molecular weight is 793 g/mol. The molecular weight excluding hydrogens is 745 g/mol. The first-order valence-electron chi connectivity index (χ1n) is 19.9. The van der Waals surface area contributed by atoms with Crippen LogP contribution in [0.15, 0.2) is 140 Å². The Morgan fingerprint density at radius 3 is 1.71 bits per heavy atom. The molecule has 5 aromatic rings. The molecule has 59 heavy (non-hydrogen) atoms. The fourth-order valence-corrected chi connectivity index (χ4v) is 7.14. The van der Waals surface area contributed by atoms with E-state index in [2.05, 4.69) is 21.3 Å². The Kier molecular flexibility index (Phi) is 14.5. The van der Waals surface area contributed by atoms with Crippen LogP contribution < -0.4 is 21.3 Å². The number of ketones is 1. The number of amides is 4. The zero-order chi connectivity index (χ0) is 41.6. The standard InChI is InChI=1S/C48H48N4O7/c53-43-31-39(48(58)59)28-34-18-23-38(24-19-34)45(55)49-27-26-44(54)50-40(25-20-32-10-4-1-5-11-32)46(56)52-42(47(57)51-41(43)29-33-12-6-2-7-13-33)30-35-16-21-37(22-17-35)36-14-8-3-9-15-36/h1-19,21-24,39-42H,20,25-31H2,(H,49,55)(H,50,54)(H,51,57)(H,52,56)(H,58,59)/t39-,40-,41-,42+/m1/s1. The quantitative estimate of drug-likeness (QED) is 0.127. The van der Waals surface area contributed by atoms with E-state index in [0.717, 1.165) is 27.8 Å². The molecular formula is C48H48N4O7. The largest absolute Gasteiger partial charge is 0.481 e. The van der Waals surface area contributed by atoms with Gasteiger partial charge in [0.2, 0.25) is 17.7 Å². The summed E-state index contributed by atoms with van der Waals surface area (Å²) in [4.78, 5) is 81.6. The maximum Gasteiger partial charge on any atom is 0.307 e. The molecule has 4 atom stereocenters. The highest BCUT2D eigenvalue weighted by Gasteiger charge is 2.32. The van der Waals surface area contributed by atoms with Gasteiger partial charge in [-0.3, -0.25) is 28.8 Å². The van der Waals surface area contributed by atoms with Crippen molar-refractivity contribution < 1.29 is 33.9 Å². The number of fused-ring (bicyclic) bond motifs is 18. The van der Waals surface area contributed by atoms with Crippen molar-refractivity contribution in [2.45, 2.75) is 63.1 Å². The van der Waals surface area contributed by atoms with Crippen LogP contribution in [0.1, 0.15) is 51.9 Å². The Bertz CT molecular complexity index is 2210. The number of hydrogen-bond donors (Lipinski definition) is 5. The van der Waals surface area contributed by atoms with Gasteiger partial charge in [-0.1, -0.05) is 127 Å². The zero-order valence-corrected chi connectivity index (χ0v) is 32.6. The van der Waals surface area contributed by atoms with E-state index < -0.39 is 59.4 Å². The number of carbonyl (C=O) groups is 6. The molecule has 0 radical (unpaired) electrons. The van der Waals surface area contributed by atoms with Crippen molar-refractivity contribution in [3.63, 3.8) is 0 Å². The molecule has 7 rings (SSSR count). The summed E-state index contributed by atoms with van der Waals surface area (Å²) in [6.07, 6.45) is 0.328. The lowest BCUT2D eigenvalue weighted by atomic mass is 9.90. The molecule has 5 N–H and O–H groups in total. The van der Waals surface area contributed by atoms with E-state index in [0.29, 0.717) is 17.5 Å². The molecule has 0 unspecified atom stereocenters. The first-order chi connectivity index (χ1) is 28.6. The smallest absolute Gasteiger partial charge is 0.307 e. The minimum atomic E-state index is -1.19. The fraction of sp³-hybridized carbons (Fsp3) is 0.250. The van der Waals surface area contributed by atoms with E-state index in [1.165, 1.54) is 0 Å². The van der Waals surface area contributed by atoms with E-state index in [9.17, 15) is 33.9 Å². The lowest BCUT2D eigenvalue weighted by molar-refractivity contribution is -0.144. The van der Waals surface area contributed by atoms with Gasteiger partial charge in [0.25, 0.3) is 5.91 Å². The van der Waals surface area contributed by atoms with Crippen LogP contribution in [0.2, 0.25) is 0 Å². The highest BCUT2D eigenvalue weighted by molar-refractivity contribution is 5.96. The number of aliphatic carboxylic acids is 1. The second-order valence-electron chi connectivity index (χ2n) is 14.8. The molecule has 0 aromatic heterocycles. The molecule has 0 spiro atoms. The van der Waals surface area contributed by atoms with Crippen molar-refractivity contribution in [2.24, 2.45) is 5.92 Å². The average Bonchev–Trinajstić information content (AvgIpc) is 3.25. The third-order valence-electron chi connectivity index (χ3n) is 10.5. The highest BCUT2D eigenvalue weighted by Crippen LogP contribution is 2.21. The Morgan fingerprint density at radius 1 is 0.542 bits per heavy atom. The van der Waals surface area contributed by atoms with Crippen molar-refractivity contribution in [3.05, 3.63) is 167 Å². The van der Waals surface area contributed by atoms with E-state index in [-0.39, 0.29) is 45.1 Å². The number of rotatable bonds is 9. The summed E-state index contributed by atoms with van der Waals surface area (Å²) in [5, 5.41) is 21.6. The number of nitrogens with one attached hydrogen (secondary N) is 4. The minimum absolute atomic E-state index is 0.00451. The predicted molar refractivity (Wildman–Crippen MR) is 224 cm³/mol. The summed E-state index contributed by atoms with van der Waals surface area (Å²) in [7, 11) is 0. The summed E-state index contributed by atoms with van der Waals surface area (Å²) in [6.45, 7) is -0.00451. The van der Waals surface area contributed by atoms with E-state index in [1.54, 1.807) is 24.3 Å². The second-order valence-corrected chi connectivity index (χ2v) is 14.8. The van der Waals surface area contributed by atoms with Gasteiger partial charge in [-0.25, -0.2) is 0 Å².